The normalized spacial score (nSPS) is 19.5. The van der Waals surface area contributed by atoms with Crippen molar-refractivity contribution in [3.05, 3.63) is 0 Å². The van der Waals surface area contributed by atoms with Crippen molar-refractivity contribution in [2.24, 2.45) is 5.73 Å². The fourth-order valence-electron chi connectivity index (χ4n) is 0.954. The Bertz CT molecular complexity index is 293. The molecule has 1 aliphatic carbocycles. The number of hydrogen-bond acceptors (Lipinski definition) is 4. The second-order valence-corrected chi connectivity index (χ2v) is 5.41. The van der Waals surface area contributed by atoms with E-state index in [0.717, 1.165) is 0 Å². The molecule has 0 bridgehead atoms. The van der Waals surface area contributed by atoms with Crippen LogP contribution in [-0.4, -0.2) is 25.6 Å². The molecule has 0 saturated heterocycles. The first kappa shape index (κ1) is 10.5. The van der Waals surface area contributed by atoms with Crippen LogP contribution in [0.2, 0.25) is 0 Å². The Balaban J connectivity index is 2.43. The summed E-state index contributed by atoms with van der Waals surface area (Å²) in [7, 11) is -3.39. The van der Waals surface area contributed by atoms with Crippen molar-refractivity contribution in [3.8, 4) is 0 Å². The van der Waals surface area contributed by atoms with E-state index in [1.807, 2.05) is 4.72 Å². The van der Waals surface area contributed by atoms with Crippen LogP contribution in [0.15, 0.2) is 0 Å². The molecular weight excluding hydrogens is 192 g/mol. The zero-order valence-electron chi connectivity index (χ0n) is 7.49. The summed E-state index contributed by atoms with van der Waals surface area (Å²) >= 11 is 0. The SMILES string of the molecule is CC(N)CC(=O)NS(=O)(=O)C1CC1. The quantitative estimate of drug-likeness (QED) is 0.638. The van der Waals surface area contributed by atoms with E-state index < -0.39 is 15.9 Å². The lowest BCUT2D eigenvalue weighted by Gasteiger charge is -2.06. The van der Waals surface area contributed by atoms with E-state index in [-0.39, 0.29) is 17.7 Å². The molecule has 0 radical (unpaired) electrons. The van der Waals surface area contributed by atoms with Crippen LogP contribution in [-0.2, 0) is 14.8 Å². The van der Waals surface area contributed by atoms with Crippen LogP contribution in [0.5, 0.6) is 0 Å². The van der Waals surface area contributed by atoms with Gasteiger partial charge in [0, 0.05) is 12.5 Å². The molecule has 6 heteroatoms. The second kappa shape index (κ2) is 3.63. The lowest BCUT2D eigenvalue weighted by atomic mass is 10.2. The molecule has 76 valence electrons. The van der Waals surface area contributed by atoms with Gasteiger partial charge in [-0.05, 0) is 19.8 Å². The maximum atomic E-state index is 11.2. The third-order valence-corrected chi connectivity index (χ3v) is 3.59. The van der Waals surface area contributed by atoms with Gasteiger partial charge in [-0.3, -0.25) is 9.52 Å². The maximum Gasteiger partial charge on any atom is 0.237 e. The van der Waals surface area contributed by atoms with Crippen molar-refractivity contribution in [2.75, 3.05) is 0 Å². The minimum atomic E-state index is -3.39. The molecule has 1 saturated carbocycles. The van der Waals surface area contributed by atoms with Gasteiger partial charge >= 0.3 is 0 Å². The number of hydrogen-bond donors (Lipinski definition) is 2. The Labute approximate surface area is 77.7 Å². The van der Waals surface area contributed by atoms with Crippen molar-refractivity contribution >= 4 is 15.9 Å². The Morgan fingerprint density at radius 3 is 2.54 bits per heavy atom. The number of nitrogens with one attached hydrogen (secondary N) is 1. The molecule has 0 spiro atoms. The molecule has 3 N–H and O–H groups in total. The summed E-state index contributed by atoms with van der Waals surface area (Å²) in [5.41, 5.74) is 5.35. The third kappa shape index (κ3) is 3.31. The molecule has 1 aliphatic rings. The molecule has 1 fully saturated rings. The first-order valence-electron chi connectivity index (χ1n) is 4.22. The van der Waals surface area contributed by atoms with Crippen molar-refractivity contribution in [1.82, 2.24) is 4.72 Å². The first-order chi connectivity index (χ1) is 5.92. The molecule has 0 aromatic heterocycles. The lowest BCUT2D eigenvalue weighted by Crippen LogP contribution is -2.36. The average molecular weight is 206 g/mol. The zero-order chi connectivity index (χ0) is 10.1. The van der Waals surface area contributed by atoms with E-state index in [1.54, 1.807) is 6.92 Å². The van der Waals surface area contributed by atoms with E-state index in [9.17, 15) is 13.2 Å². The highest BCUT2D eigenvalue weighted by molar-refractivity contribution is 7.90. The molecule has 0 aromatic carbocycles. The van der Waals surface area contributed by atoms with Gasteiger partial charge in [-0.1, -0.05) is 0 Å². The Morgan fingerprint density at radius 1 is 1.62 bits per heavy atom. The van der Waals surface area contributed by atoms with Crippen LogP contribution in [0.25, 0.3) is 0 Å². The molecule has 1 rings (SSSR count). The molecule has 0 aromatic rings. The fourth-order valence-corrected chi connectivity index (χ4v) is 2.28. The van der Waals surface area contributed by atoms with Gasteiger partial charge < -0.3 is 5.73 Å². The van der Waals surface area contributed by atoms with Crippen LogP contribution >= 0.6 is 0 Å². The van der Waals surface area contributed by atoms with Crippen LogP contribution in [0.1, 0.15) is 26.2 Å². The number of carbonyl (C=O) groups is 1. The lowest BCUT2D eigenvalue weighted by molar-refractivity contribution is -0.119. The highest BCUT2D eigenvalue weighted by Crippen LogP contribution is 2.27. The van der Waals surface area contributed by atoms with E-state index in [0.29, 0.717) is 12.8 Å². The second-order valence-electron chi connectivity index (χ2n) is 3.45. The number of carbonyl (C=O) groups excluding carboxylic acids is 1. The monoisotopic (exact) mass is 206 g/mol. The number of sulfonamides is 1. The minimum absolute atomic E-state index is 0.0476. The van der Waals surface area contributed by atoms with E-state index in [4.69, 9.17) is 5.73 Å². The number of nitrogens with two attached hydrogens (primary N) is 1. The predicted molar refractivity (Wildman–Crippen MR) is 48.4 cm³/mol. The summed E-state index contributed by atoms with van der Waals surface area (Å²) in [4.78, 5) is 11.0. The van der Waals surface area contributed by atoms with Crippen LogP contribution in [0.3, 0.4) is 0 Å². The van der Waals surface area contributed by atoms with Crippen molar-refractivity contribution in [3.63, 3.8) is 0 Å². The van der Waals surface area contributed by atoms with Crippen LogP contribution < -0.4 is 10.5 Å². The van der Waals surface area contributed by atoms with Crippen LogP contribution in [0.4, 0.5) is 0 Å². The van der Waals surface area contributed by atoms with E-state index in [2.05, 4.69) is 0 Å². The van der Waals surface area contributed by atoms with Gasteiger partial charge in [0.1, 0.15) is 0 Å². The molecule has 1 atom stereocenters. The smallest absolute Gasteiger partial charge is 0.237 e. The Morgan fingerprint density at radius 2 is 2.15 bits per heavy atom. The first-order valence-corrected chi connectivity index (χ1v) is 5.76. The van der Waals surface area contributed by atoms with E-state index in [1.165, 1.54) is 0 Å². The van der Waals surface area contributed by atoms with Crippen LogP contribution in [0, 0.1) is 0 Å². The van der Waals surface area contributed by atoms with Crippen molar-refractivity contribution < 1.29 is 13.2 Å². The standard InChI is InChI=1S/C7H14N2O3S/c1-5(8)4-7(10)9-13(11,12)6-2-3-6/h5-6H,2-4,8H2,1H3,(H,9,10). The number of amides is 1. The number of rotatable bonds is 4. The Kier molecular flexibility index (Phi) is 2.92. The van der Waals surface area contributed by atoms with Crippen molar-refractivity contribution in [1.29, 1.82) is 0 Å². The third-order valence-electron chi connectivity index (χ3n) is 1.73. The van der Waals surface area contributed by atoms with Gasteiger partial charge in [-0.2, -0.15) is 0 Å². The predicted octanol–water partition coefficient (Wildman–Crippen LogP) is -0.668. The van der Waals surface area contributed by atoms with Gasteiger partial charge in [-0.25, -0.2) is 8.42 Å². The summed E-state index contributed by atoms with van der Waals surface area (Å²) in [5, 5.41) is -0.357. The summed E-state index contributed by atoms with van der Waals surface area (Å²) in [5.74, 6) is -0.512. The molecule has 0 heterocycles. The highest BCUT2D eigenvalue weighted by Gasteiger charge is 2.36. The average Bonchev–Trinajstić information content (AvgIpc) is 2.60. The Hall–Kier alpha value is -0.620. The summed E-state index contributed by atoms with van der Waals surface area (Å²) in [6.45, 7) is 1.66. The highest BCUT2D eigenvalue weighted by atomic mass is 32.2. The summed E-state index contributed by atoms with van der Waals surface area (Å²) in [6, 6.07) is -0.311. The minimum Gasteiger partial charge on any atom is -0.327 e. The molecule has 5 nitrogen and oxygen atoms in total. The summed E-state index contributed by atoms with van der Waals surface area (Å²) in [6.07, 6.45) is 1.35. The summed E-state index contributed by atoms with van der Waals surface area (Å²) < 4.78 is 24.4. The van der Waals surface area contributed by atoms with Gasteiger partial charge in [0.15, 0.2) is 0 Å². The molecule has 1 unspecified atom stereocenters. The molecule has 13 heavy (non-hydrogen) atoms. The van der Waals surface area contributed by atoms with Gasteiger partial charge in [0.05, 0.1) is 5.25 Å². The van der Waals surface area contributed by atoms with Gasteiger partial charge in [0.25, 0.3) is 0 Å². The molecule has 0 aliphatic heterocycles. The molecule has 1 amide bonds. The fraction of sp³-hybridized carbons (Fsp3) is 0.857. The largest absolute Gasteiger partial charge is 0.327 e. The topological polar surface area (TPSA) is 89.3 Å². The van der Waals surface area contributed by atoms with Crippen molar-refractivity contribution in [2.45, 2.75) is 37.5 Å². The zero-order valence-corrected chi connectivity index (χ0v) is 8.30. The van der Waals surface area contributed by atoms with Gasteiger partial charge in [-0.15, -0.1) is 0 Å². The van der Waals surface area contributed by atoms with Gasteiger partial charge in [0.2, 0.25) is 15.9 Å². The maximum absolute atomic E-state index is 11.2. The van der Waals surface area contributed by atoms with E-state index >= 15 is 0 Å². The molecular formula is C7H14N2O3S.